The summed E-state index contributed by atoms with van der Waals surface area (Å²) in [5.41, 5.74) is 1.41. The number of urea groups is 1. The van der Waals surface area contributed by atoms with Gasteiger partial charge in [0.1, 0.15) is 5.75 Å². The lowest BCUT2D eigenvalue weighted by atomic mass is 9.42. The Morgan fingerprint density at radius 2 is 1.61 bits per heavy atom. The Morgan fingerprint density at radius 1 is 1.00 bits per heavy atom. The molecule has 0 saturated heterocycles. The number of ketones is 5. The number of Topliss-reactive ketones (excluding diaryl/α,β-unsaturated/α-hetero) is 5. The van der Waals surface area contributed by atoms with Gasteiger partial charge in [0.05, 0.1) is 17.5 Å². The van der Waals surface area contributed by atoms with Gasteiger partial charge in [-0.25, -0.2) is 4.79 Å². The summed E-state index contributed by atoms with van der Waals surface area (Å²) in [6.45, 7) is 4.33. The lowest BCUT2D eigenvalue weighted by Gasteiger charge is -2.61. The maximum Gasteiger partial charge on any atom is 0.319 e. The van der Waals surface area contributed by atoms with Crippen LogP contribution in [-0.2, 0) is 32.1 Å². The van der Waals surface area contributed by atoms with E-state index in [9.17, 15) is 43.8 Å². The summed E-state index contributed by atoms with van der Waals surface area (Å²) < 4.78 is 0. The number of anilines is 2. The average Bonchev–Trinajstić information content (AvgIpc) is 2.98. The Kier molecular flexibility index (Phi) is 8.57. The second kappa shape index (κ2) is 11.9. The number of fused-ring (bicyclic) bond motifs is 3. The van der Waals surface area contributed by atoms with Gasteiger partial charge in [0.25, 0.3) is 0 Å². The Hall–Kier alpha value is -4.95. The molecule has 2 fully saturated rings. The first-order valence-electron chi connectivity index (χ1n) is 15.8. The zero-order valence-electron chi connectivity index (χ0n) is 28.5. The van der Waals surface area contributed by atoms with Gasteiger partial charge in [-0.2, -0.15) is 0 Å². The number of rotatable bonds is 7. The summed E-state index contributed by atoms with van der Waals surface area (Å²) in [6, 6.07) is 5.98. The Morgan fingerprint density at radius 3 is 2.14 bits per heavy atom. The number of benzene rings is 2. The summed E-state index contributed by atoms with van der Waals surface area (Å²) in [5.74, 6) is -9.77. The quantitative estimate of drug-likeness (QED) is 0.208. The minimum atomic E-state index is -2.91. The molecule has 0 bridgehead atoms. The summed E-state index contributed by atoms with van der Waals surface area (Å²) in [5, 5.41) is 29.0. The van der Waals surface area contributed by atoms with Crippen LogP contribution in [0.4, 0.5) is 16.2 Å². The number of aromatic hydroxyl groups is 1. The topological polar surface area (TPSA) is 217 Å². The van der Waals surface area contributed by atoms with Gasteiger partial charge >= 0.3 is 6.03 Å². The minimum Gasteiger partial charge on any atom is -0.507 e. The number of primary amides is 1. The Bertz CT molecular complexity index is 1840. The van der Waals surface area contributed by atoms with E-state index < -0.39 is 75.1 Å². The van der Waals surface area contributed by atoms with Crippen LogP contribution in [0.3, 0.4) is 0 Å². The fourth-order valence-electron chi connectivity index (χ4n) is 8.49. The van der Waals surface area contributed by atoms with Crippen LogP contribution in [0.25, 0.3) is 0 Å². The molecule has 3 aliphatic rings. The number of nitrogens with zero attached hydrogens (tertiary/aromatic N) is 2. The van der Waals surface area contributed by atoms with E-state index in [0.29, 0.717) is 22.5 Å². The van der Waals surface area contributed by atoms with Gasteiger partial charge in [-0.3, -0.25) is 33.7 Å². The number of likely N-dealkylation sites (N-methyl/N-ethyl adjacent to an activating group) is 1. The number of phenols is 1. The van der Waals surface area contributed by atoms with Crippen molar-refractivity contribution >= 4 is 52.2 Å². The molecule has 14 heteroatoms. The molecule has 2 saturated carbocycles. The molecule has 260 valence electrons. The third-order valence-corrected chi connectivity index (χ3v) is 10.5. The number of nitrogens with two attached hydrogens (primary N) is 1. The third-order valence-electron chi connectivity index (χ3n) is 10.5. The van der Waals surface area contributed by atoms with E-state index in [1.807, 2.05) is 0 Å². The van der Waals surface area contributed by atoms with Gasteiger partial charge in [0, 0.05) is 48.6 Å². The number of carbonyl (C=O) groups excluding carboxylic acids is 7. The van der Waals surface area contributed by atoms with Gasteiger partial charge in [0.15, 0.2) is 40.4 Å². The largest absolute Gasteiger partial charge is 0.507 e. The van der Waals surface area contributed by atoms with Crippen molar-refractivity contribution in [3.8, 4) is 5.75 Å². The molecule has 2 aromatic carbocycles. The van der Waals surface area contributed by atoms with E-state index in [1.54, 1.807) is 56.3 Å². The number of aliphatic hydroxyl groups is 1. The van der Waals surface area contributed by atoms with E-state index in [0.717, 1.165) is 0 Å². The molecule has 0 heterocycles. The van der Waals surface area contributed by atoms with Gasteiger partial charge in [-0.05, 0) is 75.2 Å². The number of hydrogen-bond donors (Lipinski definition) is 5. The zero-order chi connectivity index (χ0) is 36.5. The van der Waals surface area contributed by atoms with Crippen molar-refractivity contribution in [2.24, 2.45) is 28.4 Å². The summed E-state index contributed by atoms with van der Waals surface area (Å²) in [6.07, 6.45) is -0.0716. The molecule has 0 aliphatic heterocycles. The average molecular weight is 676 g/mol. The molecule has 3 aliphatic carbocycles. The van der Waals surface area contributed by atoms with Crippen molar-refractivity contribution in [3.63, 3.8) is 0 Å². The zero-order valence-corrected chi connectivity index (χ0v) is 28.5. The second-order valence-electron chi connectivity index (χ2n) is 14.4. The lowest BCUT2D eigenvalue weighted by molar-refractivity contribution is -0.203. The van der Waals surface area contributed by atoms with E-state index in [-0.39, 0.29) is 36.3 Å². The van der Waals surface area contributed by atoms with Crippen molar-refractivity contribution in [1.82, 2.24) is 10.2 Å². The smallest absolute Gasteiger partial charge is 0.319 e. The highest BCUT2D eigenvalue weighted by molar-refractivity contribution is 6.33. The van der Waals surface area contributed by atoms with Gasteiger partial charge in [-0.1, -0.05) is 13.8 Å². The van der Waals surface area contributed by atoms with Gasteiger partial charge in [0.2, 0.25) is 5.91 Å². The molecule has 3 amide bonds. The lowest BCUT2D eigenvalue weighted by Crippen LogP contribution is -2.79. The minimum absolute atomic E-state index is 0.0590. The molecular formula is C35H41N5O9. The maximum absolute atomic E-state index is 14.5. The van der Waals surface area contributed by atoms with Gasteiger partial charge in [-0.15, -0.1) is 0 Å². The predicted octanol–water partition coefficient (Wildman–Crippen LogP) is 1.24. The normalized spacial score (nSPS) is 29.1. The van der Waals surface area contributed by atoms with Crippen LogP contribution in [0.5, 0.6) is 5.75 Å². The number of phenolic OH excluding ortho intramolecular Hbond substituents is 1. The molecule has 14 nitrogen and oxygen atoms in total. The molecule has 5 rings (SSSR count). The maximum atomic E-state index is 14.5. The SMILES string of the molecule is CC(=O)c1ccc(NC(=O)NCc2cc(N(C)C)c3c(c2O)C(=O)C2C(=O)[C@]4(O)C(=O)C(C(N)=O)C(=O)[C@@H](N(C)C)[C@]4(C)C[C@]2(C)C3)cc1. The highest BCUT2D eigenvalue weighted by Gasteiger charge is 2.76. The van der Waals surface area contributed by atoms with E-state index in [1.165, 1.54) is 32.8 Å². The molecule has 0 spiro atoms. The van der Waals surface area contributed by atoms with Crippen molar-refractivity contribution in [1.29, 1.82) is 0 Å². The van der Waals surface area contributed by atoms with Crippen LogP contribution in [-0.4, -0.2) is 95.8 Å². The van der Waals surface area contributed by atoms with Crippen LogP contribution >= 0.6 is 0 Å². The molecule has 2 aromatic rings. The number of carbonyl (C=O) groups is 7. The predicted molar refractivity (Wildman–Crippen MR) is 177 cm³/mol. The highest BCUT2D eigenvalue weighted by Crippen LogP contribution is 2.62. The van der Waals surface area contributed by atoms with Crippen LogP contribution in [0.15, 0.2) is 30.3 Å². The molecule has 6 N–H and O–H groups in total. The number of hydrogen-bond acceptors (Lipinski definition) is 11. The Balaban J connectivity index is 1.55. The van der Waals surface area contributed by atoms with Crippen molar-refractivity contribution in [2.45, 2.75) is 51.8 Å². The first kappa shape index (κ1) is 35.4. The van der Waals surface area contributed by atoms with E-state index in [4.69, 9.17) is 5.73 Å². The van der Waals surface area contributed by atoms with Crippen molar-refractivity contribution < 1.29 is 43.8 Å². The van der Waals surface area contributed by atoms with E-state index in [2.05, 4.69) is 10.6 Å². The first-order chi connectivity index (χ1) is 22.7. The van der Waals surface area contributed by atoms with Crippen LogP contribution in [0, 0.1) is 22.7 Å². The standard InChI is InChI=1S/C35H41N5O9/c1-16(41)17-8-10-19(11-9-17)38-32(48)37-14-18-12-21(39(4)5)20-13-33(2)15-34(3)28(40(6)7)27(44)23(31(36)47)29(45)35(34,49)30(46)24(33)26(43)22(20)25(18)42/h8-12,23-24,28,42,49H,13-15H2,1-7H3,(H2,36,47)(H2,37,38,48)/t23?,24?,28-,33+,34+,35-/m1/s1. The fraction of sp³-hybridized carbons (Fsp3) is 0.457. The van der Waals surface area contributed by atoms with E-state index >= 15 is 0 Å². The Labute approximate surface area is 283 Å². The van der Waals surface area contributed by atoms with Crippen molar-refractivity contribution in [3.05, 3.63) is 52.6 Å². The van der Waals surface area contributed by atoms with Crippen LogP contribution < -0.4 is 21.3 Å². The molecule has 0 radical (unpaired) electrons. The number of amides is 3. The van der Waals surface area contributed by atoms with Gasteiger partial charge < -0.3 is 31.5 Å². The molecule has 6 atom stereocenters. The second-order valence-corrected chi connectivity index (χ2v) is 14.4. The van der Waals surface area contributed by atoms with Crippen LogP contribution in [0.2, 0.25) is 0 Å². The first-order valence-corrected chi connectivity index (χ1v) is 15.8. The highest BCUT2D eigenvalue weighted by atomic mass is 16.3. The molecule has 49 heavy (non-hydrogen) atoms. The number of nitrogens with one attached hydrogen (secondary N) is 2. The monoisotopic (exact) mass is 675 g/mol. The van der Waals surface area contributed by atoms with Crippen molar-refractivity contribution in [2.75, 3.05) is 38.4 Å². The molecular weight excluding hydrogens is 634 g/mol. The van der Waals surface area contributed by atoms with Crippen LogP contribution in [0.1, 0.15) is 59.0 Å². The fourth-order valence-corrected chi connectivity index (χ4v) is 8.49. The summed E-state index contributed by atoms with van der Waals surface area (Å²) in [7, 11) is 6.53. The molecule has 0 aromatic heterocycles. The molecule has 2 unspecified atom stereocenters. The third kappa shape index (κ3) is 5.21. The summed E-state index contributed by atoms with van der Waals surface area (Å²) in [4.78, 5) is 96.2. The summed E-state index contributed by atoms with van der Waals surface area (Å²) >= 11 is 0.